The summed E-state index contributed by atoms with van der Waals surface area (Å²) in [6, 6.07) is 6.36. The van der Waals surface area contributed by atoms with Crippen LogP contribution >= 0.6 is 0 Å². The first kappa shape index (κ1) is 13.8. The highest BCUT2D eigenvalue weighted by atomic mass is 16.5. The summed E-state index contributed by atoms with van der Waals surface area (Å²) in [7, 11) is 0. The van der Waals surface area contributed by atoms with Crippen LogP contribution in [0.2, 0.25) is 0 Å². The van der Waals surface area contributed by atoms with E-state index >= 15 is 0 Å². The van der Waals surface area contributed by atoms with Crippen molar-refractivity contribution < 1.29 is 14.0 Å². The normalized spacial score (nSPS) is 20.8. The average molecular weight is 300 g/mol. The van der Waals surface area contributed by atoms with E-state index in [1.54, 1.807) is 0 Å². The van der Waals surface area contributed by atoms with Gasteiger partial charge in [0.15, 0.2) is 12.4 Å². The Morgan fingerprint density at radius 2 is 2.09 bits per heavy atom. The summed E-state index contributed by atoms with van der Waals surface area (Å²) < 4.78 is 16.4. The maximum Gasteiger partial charge on any atom is 0.264 e. The van der Waals surface area contributed by atoms with Gasteiger partial charge in [0, 0.05) is 12.5 Å². The smallest absolute Gasteiger partial charge is 0.264 e. The molecule has 0 amide bonds. The molecule has 0 saturated carbocycles. The van der Waals surface area contributed by atoms with Gasteiger partial charge in [0.2, 0.25) is 0 Å². The van der Waals surface area contributed by atoms with E-state index in [2.05, 4.69) is 22.3 Å². The Bertz CT molecular complexity index is 647. The first-order valence-corrected chi connectivity index (χ1v) is 8.03. The monoisotopic (exact) mass is 300 g/mol. The highest BCUT2D eigenvalue weighted by Crippen LogP contribution is 2.26. The molecule has 1 aromatic carbocycles. The van der Waals surface area contributed by atoms with E-state index in [1.165, 1.54) is 30.4 Å². The molecule has 22 heavy (non-hydrogen) atoms. The molecule has 1 fully saturated rings. The zero-order chi connectivity index (χ0) is 14.8. The van der Waals surface area contributed by atoms with Crippen LogP contribution in [0.25, 0.3) is 0 Å². The van der Waals surface area contributed by atoms with E-state index < -0.39 is 0 Å². The average Bonchev–Trinajstić information content (AvgIpc) is 3.24. The number of hydrogen-bond acceptors (Lipinski definition) is 5. The fraction of sp³-hybridized carbons (Fsp3) is 0.529. The quantitative estimate of drug-likeness (QED) is 0.868. The zero-order valence-corrected chi connectivity index (χ0v) is 12.6. The van der Waals surface area contributed by atoms with Gasteiger partial charge in [-0.15, -0.1) is 0 Å². The fourth-order valence-electron chi connectivity index (χ4n) is 3.18. The molecule has 2 aliphatic rings. The molecule has 1 aliphatic carbocycles. The van der Waals surface area contributed by atoms with Crippen LogP contribution in [0, 0.1) is 0 Å². The van der Waals surface area contributed by atoms with Crippen LogP contribution in [0.1, 0.15) is 48.0 Å². The molecular weight excluding hydrogens is 280 g/mol. The van der Waals surface area contributed by atoms with E-state index in [1.807, 2.05) is 6.07 Å². The summed E-state index contributed by atoms with van der Waals surface area (Å²) in [5.74, 6) is 2.41. The Kier molecular flexibility index (Phi) is 3.81. The summed E-state index contributed by atoms with van der Waals surface area (Å²) in [6.45, 7) is 1.78. The molecule has 4 rings (SSSR count). The van der Waals surface area contributed by atoms with E-state index in [0.717, 1.165) is 31.0 Å². The highest BCUT2D eigenvalue weighted by molar-refractivity contribution is 5.37. The van der Waals surface area contributed by atoms with Crippen LogP contribution in [0.5, 0.6) is 5.75 Å². The Morgan fingerprint density at radius 1 is 1.18 bits per heavy atom. The van der Waals surface area contributed by atoms with Crippen LogP contribution in [0.4, 0.5) is 0 Å². The first-order valence-electron chi connectivity index (χ1n) is 8.03. The molecule has 116 valence electrons. The van der Waals surface area contributed by atoms with Crippen molar-refractivity contribution in [2.75, 3.05) is 13.2 Å². The fourth-order valence-corrected chi connectivity index (χ4v) is 3.18. The molecule has 1 atom stereocenters. The Hall–Kier alpha value is -1.88. The lowest BCUT2D eigenvalue weighted by molar-refractivity contribution is 0.192. The van der Waals surface area contributed by atoms with Crippen molar-refractivity contribution in [3.63, 3.8) is 0 Å². The molecule has 0 spiro atoms. The van der Waals surface area contributed by atoms with Gasteiger partial charge in [-0.3, -0.25) is 0 Å². The molecule has 0 N–H and O–H groups in total. The van der Waals surface area contributed by atoms with E-state index in [9.17, 15) is 0 Å². The van der Waals surface area contributed by atoms with Crippen molar-refractivity contribution in [1.29, 1.82) is 0 Å². The molecule has 0 radical (unpaired) electrons. The summed E-state index contributed by atoms with van der Waals surface area (Å²) in [5, 5.41) is 4.03. The number of ether oxygens (including phenoxy) is 2. The van der Waals surface area contributed by atoms with Gasteiger partial charge in [0.25, 0.3) is 5.89 Å². The van der Waals surface area contributed by atoms with Crippen molar-refractivity contribution >= 4 is 0 Å². The number of hydrogen-bond donors (Lipinski definition) is 0. The van der Waals surface area contributed by atoms with Crippen LogP contribution in [0.15, 0.2) is 22.7 Å². The standard InChI is InChI=1S/C17H20N2O3/c1-2-4-13-9-15(6-5-12(13)3-1)21-11-16-18-17(19-22-16)14-7-8-20-10-14/h5-6,9,14H,1-4,7-8,10-11H2. The second-order valence-corrected chi connectivity index (χ2v) is 6.03. The zero-order valence-electron chi connectivity index (χ0n) is 12.6. The number of aromatic nitrogens is 2. The Morgan fingerprint density at radius 3 is 2.95 bits per heavy atom. The van der Waals surface area contributed by atoms with Crippen molar-refractivity contribution in [2.45, 2.75) is 44.6 Å². The highest BCUT2D eigenvalue weighted by Gasteiger charge is 2.23. The summed E-state index contributed by atoms with van der Waals surface area (Å²) in [6.07, 6.45) is 5.87. The van der Waals surface area contributed by atoms with Crippen molar-refractivity contribution in [2.24, 2.45) is 0 Å². The van der Waals surface area contributed by atoms with Crippen LogP contribution in [-0.4, -0.2) is 23.4 Å². The topological polar surface area (TPSA) is 57.4 Å². The van der Waals surface area contributed by atoms with Gasteiger partial charge in [0.1, 0.15) is 5.75 Å². The number of rotatable bonds is 4. The van der Waals surface area contributed by atoms with Crippen LogP contribution in [-0.2, 0) is 24.2 Å². The summed E-state index contributed by atoms with van der Waals surface area (Å²) >= 11 is 0. The Labute approximate surface area is 129 Å². The third-order valence-corrected chi connectivity index (χ3v) is 4.46. The van der Waals surface area contributed by atoms with Gasteiger partial charge in [-0.05, 0) is 55.4 Å². The van der Waals surface area contributed by atoms with E-state index in [4.69, 9.17) is 14.0 Å². The van der Waals surface area contributed by atoms with Crippen LogP contribution < -0.4 is 4.74 Å². The lowest BCUT2D eigenvalue weighted by Gasteiger charge is -2.16. The maximum absolute atomic E-state index is 5.81. The third kappa shape index (κ3) is 2.86. The maximum atomic E-state index is 5.81. The number of nitrogens with zero attached hydrogens (tertiary/aromatic N) is 2. The van der Waals surface area contributed by atoms with E-state index in [-0.39, 0.29) is 5.92 Å². The predicted octanol–water partition coefficient (Wildman–Crippen LogP) is 3.03. The first-order chi connectivity index (χ1) is 10.9. The predicted molar refractivity (Wildman–Crippen MR) is 79.9 cm³/mol. The van der Waals surface area contributed by atoms with Gasteiger partial charge >= 0.3 is 0 Å². The largest absolute Gasteiger partial charge is 0.484 e. The van der Waals surface area contributed by atoms with Gasteiger partial charge in [-0.2, -0.15) is 4.98 Å². The SMILES string of the molecule is c1cc2c(cc1OCc1nc(C3CCOC3)no1)CCCC2. The van der Waals surface area contributed by atoms with E-state index in [0.29, 0.717) is 19.1 Å². The van der Waals surface area contributed by atoms with Crippen molar-refractivity contribution in [3.05, 3.63) is 41.0 Å². The van der Waals surface area contributed by atoms with Crippen molar-refractivity contribution in [1.82, 2.24) is 10.1 Å². The lowest BCUT2D eigenvalue weighted by atomic mass is 9.92. The second kappa shape index (κ2) is 6.08. The van der Waals surface area contributed by atoms with Gasteiger partial charge in [-0.25, -0.2) is 0 Å². The molecule has 5 heteroatoms. The minimum Gasteiger partial charge on any atom is -0.484 e. The lowest BCUT2D eigenvalue weighted by Crippen LogP contribution is -2.04. The Balaban J connectivity index is 1.40. The molecule has 1 unspecified atom stereocenters. The molecule has 1 aliphatic heterocycles. The number of fused-ring (bicyclic) bond motifs is 1. The summed E-state index contributed by atoms with van der Waals surface area (Å²) in [5.41, 5.74) is 2.87. The molecule has 0 bridgehead atoms. The molecular formula is C17H20N2O3. The number of aryl methyl sites for hydroxylation is 2. The molecule has 5 nitrogen and oxygen atoms in total. The molecule has 2 aromatic rings. The number of benzene rings is 1. The third-order valence-electron chi connectivity index (χ3n) is 4.46. The minimum absolute atomic E-state index is 0.265. The van der Waals surface area contributed by atoms with Gasteiger partial charge < -0.3 is 14.0 Å². The molecule has 1 aromatic heterocycles. The second-order valence-electron chi connectivity index (χ2n) is 6.03. The van der Waals surface area contributed by atoms with Gasteiger partial charge in [0.05, 0.1) is 6.61 Å². The van der Waals surface area contributed by atoms with Crippen LogP contribution in [0.3, 0.4) is 0 Å². The van der Waals surface area contributed by atoms with Gasteiger partial charge in [-0.1, -0.05) is 11.2 Å². The molecule has 2 heterocycles. The summed E-state index contributed by atoms with van der Waals surface area (Å²) in [4.78, 5) is 4.41. The molecule has 1 saturated heterocycles. The van der Waals surface area contributed by atoms with Crippen molar-refractivity contribution in [3.8, 4) is 5.75 Å². The minimum atomic E-state index is 0.265.